The largest absolute Gasteiger partial charge is 0.507 e. The van der Waals surface area contributed by atoms with Crippen LogP contribution in [0.3, 0.4) is 0 Å². The topological polar surface area (TPSA) is 83.9 Å². The van der Waals surface area contributed by atoms with Crippen LogP contribution in [0.4, 0.5) is 4.39 Å². The van der Waals surface area contributed by atoms with Crippen LogP contribution in [-0.2, 0) is 20.9 Å². The van der Waals surface area contributed by atoms with Gasteiger partial charge in [-0.15, -0.1) is 0 Å². The molecule has 0 aromatic heterocycles. The van der Waals surface area contributed by atoms with Gasteiger partial charge in [-0.1, -0.05) is 48.9 Å². The Kier molecular flexibility index (Phi) is 7.53. The second-order valence-electron chi connectivity index (χ2n) is 9.14. The fourth-order valence-electron chi connectivity index (χ4n) is 4.40. The first-order valence-electron chi connectivity index (χ1n) is 12.1. The molecule has 3 aromatic carbocycles. The number of esters is 1. The Morgan fingerprint density at radius 3 is 2.35 bits per heavy atom. The molecule has 1 saturated heterocycles. The summed E-state index contributed by atoms with van der Waals surface area (Å²) in [6, 6.07) is 17.2. The lowest BCUT2D eigenvalue weighted by Crippen LogP contribution is -2.29. The van der Waals surface area contributed by atoms with E-state index in [1.54, 1.807) is 37.3 Å². The van der Waals surface area contributed by atoms with E-state index in [-0.39, 0.29) is 23.4 Å². The van der Waals surface area contributed by atoms with E-state index in [1.807, 2.05) is 32.0 Å². The fourth-order valence-corrected chi connectivity index (χ4v) is 4.40. The van der Waals surface area contributed by atoms with Crippen LogP contribution in [0.25, 0.3) is 5.76 Å². The minimum Gasteiger partial charge on any atom is -0.507 e. The van der Waals surface area contributed by atoms with E-state index < -0.39 is 29.5 Å². The number of rotatable bonds is 7. The average Bonchev–Trinajstić information content (AvgIpc) is 3.13. The highest BCUT2D eigenvalue weighted by molar-refractivity contribution is 6.46. The van der Waals surface area contributed by atoms with Gasteiger partial charge in [0.05, 0.1) is 23.8 Å². The molecule has 0 spiro atoms. The van der Waals surface area contributed by atoms with Gasteiger partial charge in [-0.3, -0.25) is 9.59 Å². The lowest BCUT2D eigenvalue weighted by atomic mass is 9.94. The maximum atomic E-state index is 13.9. The summed E-state index contributed by atoms with van der Waals surface area (Å²) in [6.07, 6.45) is 0.718. The quantitative estimate of drug-likeness (QED) is 0.196. The molecule has 1 amide bonds. The molecule has 1 N–H and O–H groups in total. The number of aliphatic hydroxyl groups is 1. The highest BCUT2D eigenvalue weighted by atomic mass is 19.1. The first kappa shape index (κ1) is 25.8. The summed E-state index contributed by atoms with van der Waals surface area (Å²) in [6.45, 7) is 5.77. The minimum atomic E-state index is -0.848. The van der Waals surface area contributed by atoms with Crippen LogP contribution in [-0.4, -0.2) is 34.3 Å². The van der Waals surface area contributed by atoms with Crippen molar-refractivity contribution in [3.8, 4) is 0 Å². The molecule has 4 rings (SSSR count). The lowest BCUT2D eigenvalue weighted by Gasteiger charge is -2.26. The predicted molar refractivity (Wildman–Crippen MR) is 137 cm³/mol. The second-order valence-corrected chi connectivity index (χ2v) is 9.14. The van der Waals surface area contributed by atoms with E-state index >= 15 is 0 Å². The Hall–Kier alpha value is -4.26. The molecule has 190 valence electrons. The molecule has 0 radical (unpaired) electrons. The Bertz CT molecular complexity index is 1390. The van der Waals surface area contributed by atoms with Crippen molar-refractivity contribution in [1.29, 1.82) is 0 Å². The van der Waals surface area contributed by atoms with Gasteiger partial charge < -0.3 is 14.7 Å². The SMILES string of the molecule is CCCOC(=O)c1ccc(CN2C(=O)C(=O)/C(=C(\O)c3ccc(F)c(C)c3)C2c2cccc(C)c2)cc1. The Morgan fingerprint density at radius 1 is 1.00 bits per heavy atom. The molecule has 0 aliphatic carbocycles. The summed E-state index contributed by atoms with van der Waals surface area (Å²) in [5.41, 5.74) is 3.19. The molecule has 1 fully saturated rings. The van der Waals surface area contributed by atoms with Crippen LogP contribution in [0, 0.1) is 19.7 Å². The van der Waals surface area contributed by atoms with E-state index in [2.05, 4.69) is 0 Å². The number of carbonyl (C=O) groups is 3. The maximum absolute atomic E-state index is 13.9. The van der Waals surface area contributed by atoms with Crippen molar-refractivity contribution in [3.63, 3.8) is 0 Å². The number of amides is 1. The van der Waals surface area contributed by atoms with Gasteiger partial charge in [-0.25, -0.2) is 9.18 Å². The number of aryl methyl sites for hydroxylation is 2. The van der Waals surface area contributed by atoms with Crippen molar-refractivity contribution < 1.29 is 28.6 Å². The number of ketones is 1. The number of aliphatic hydroxyl groups excluding tert-OH is 1. The van der Waals surface area contributed by atoms with Crippen molar-refractivity contribution in [2.45, 2.75) is 39.8 Å². The molecule has 6 nitrogen and oxygen atoms in total. The number of nitrogens with zero attached hydrogens (tertiary/aromatic N) is 1. The van der Waals surface area contributed by atoms with Gasteiger partial charge >= 0.3 is 5.97 Å². The molecule has 1 aliphatic heterocycles. The van der Waals surface area contributed by atoms with Crippen LogP contribution < -0.4 is 0 Å². The molecule has 1 atom stereocenters. The molecular weight excluding hydrogens is 473 g/mol. The van der Waals surface area contributed by atoms with Crippen molar-refractivity contribution in [1.82, 2.24) is 4.90 Å². The molecule has 1 heterocycles. The zero-order valence-electron chi connectivity index (χ0n) is 21.0. The van der Waals surface area contributed by atoms with E-state index in [0.29, 0.717) is 28.9 Å². The number of hydrogen-bond donors (Lipinski definition) is 1. The fraction of sp³-hybridized carbons (Fsp3) is 0.233. The minimum absolute atomic E-state index is 0.0543. The first-order valence-corrected chi connectivity index (χ1v) is 12.1. The monoisotopic (exact) mass is 501 g/mol. The normalized spacial score (nSPS) is 16.8. The number of Topliss-reactive ketones (excluding diaryl/α,β-unsaturated/α-hetero) is 1. The first-order chi connectivity index (χ1) is 17.7. The third-order valence-electron chi connectivity index (χ3n) is 6.31. The van der Waals surface area contributed by atoms with Crippen molar-refractivity contribution >= 4 is 23.4 Å². The third kappa shape index (κ3) is 5.31. The predicted octanol–water partition coefficient (Wildman–Crippen LogP) is 5.63. The molecule has 0 saturated carbocycles. The van der Waals surface area contributed by atoms with Crippen LogP contribution >= 0.6 is 0 Å². The highest BCUT2D eigenvalue weighted by Gasteiger charge is 2.46. The number of ether oxygens (including phenoxy) is 1. The Labute approximate surface area is 215 Å². The van der Waals surface area contributed by atoms with E-state index in [4.69, 9.17) is 4.74 Å². The lowest BCUT2D eigenvalue weighted by molar-refractivity contribution is -0.140. The van der Waals surface area contributed by atoms with Gasteiger partial charge in [-0.2, -0.15) is 0 Å². The second kappa shape index (κ2) is 10.8. The smallest absolute Gasteiger partial charge is 0.338 e. The molecule has 3 aromatic rings. The zero-order chi connectivity index (χ0) is 26.7. The summed E-state index contributed by atoms with van der Waals surface area (Å²) >= 11 is 0. The van der Waals surface area contributed by atoms with Crippen LogP contribution in [0.5, 0.6) is 0 Å². The van der Waals surface area contributed by atoms with Gasteiger partial charge in [0, 0.05) is 12.1 Å². The summed E-state index contributed by atoms with van der Waals surface area (Å²) < 4.78 is 19.0. The molecule has 1 aliphatic rings. The molecule has 37 heavy (non-hydrogen) atoms. The van der Waals surface area contributed by atoms with E-state index in [1.165, 1.54) is 23.1 Å². The summed E-state index contributed by atoms with van der Waals surface area (Å²) in [4.78, 5) is 40.0. The van der Waals surface area contributed by atoms with Crippen molar-refractivity contribution in [2.75, 3.05) is 6.61 Å². The zero-order valence-corrected chi connectivity index (χ0v) is 21.0. The molecular formula is C30H28FNO5. The standard InChI is InChI=1S/C30H28FNO5/c1-4-14-37-30(36)21-10-8-20(9-11-21)17-32-26(22-7-5-6-18(2)15-22)25(28(34)29(32)35)27(33)23-12-13-24(31)19(3)16-23/h5-13,15-16,26,33H,4,14,17H2,1-3H3/b27-25-. The van der Waals surface area contributed by atoms with Crippen molar-refractivity contribution in [3.05, 3.63) is 112 Å². The molecule has 1 unspecified atom stereocenters. The average molecular weight is 502 g/mol. The summed E-state index contributed by atoms with van der Waals surface area (Å²) in [5, 5.41) is 11.2. The highest BCUT2D eigenvalue weighted by Crippen LogP contribution is 2.40. The van der Waals surface area contributed by atoms with E-state index in [9.17, 15) is 23.9 Å². The number of carbonyl (C=O) groups excluding carboxylic acids is 3. The number of hydrogen-bond acceptors (Lipinski definition) is 5. The summed E-state index contributed by atoms with van der Waals surface area (Å²) in [7, 11) is 0. The maximum Gasteiger partial charge on any atom is 0.338 e. The van der Waals surface area contributed by atoms with Crippen LogP contribution in [0.2, 0.25) is 0 Å². The van der Waals surface area contributed by atoms with Gasteiger partial charge in [0.25, 0.3) is 11.7 Å². The Morgan fingerprint density at radius 2 is 1.70 bits per heavy atom. The van der Waals surface area contributed by atoms with E-state index in [0.717, 1.165) is 12.0 Å². The Balaban J connectivity index is 1.75. The summed E-state index contributed by atoms with van der Waals surface area (Å²) in [5.74, 6) is -2.79. The van der Waals surface area contributed by atoms with Gasteiger partial charge in [0.2, 0.25) is 0 Å². The number of likely N-dealkylation sites (tertiary alicyclic amines) is 1. The van der Waals surface area contributed by atoms with Crippen molar-refractivity contribution in [2.24, 2.45) is 0 Å². The van der Waals surface area contributed by atoms with Crippen LogP contribution in [0.1, 0.15) is 57.6 Å². The third-order valence-corrected chi connectivity index (χ3v) is 6.31. The number of benzene rings is 3. The number of halogens is 1. The molecule has 0 bridgehead atoms. The van der Waals surface area contributed by atoms with Crippen LogP contribution in [0.15, 0.2) is 72.3 Å². The van der Waals surface area contributed by atoms with Gasteiger partial charge in [0.1, 0.15) is 11.6 Å². The van der Waals surface area contributed by atoms with Gasteiger partial charge in [-0.05, 0) is 67.3 Å². The van der Waals surface area contributed by atoms with Gasteiger partial charge in [0.15, 0.2) is 0 Å². The molecule has 7 heteroatoms.